The van der Waals surface area contributed by atoms with Gasteiger partial charge in [-0.15, -0.1) is 6.58 Å². The summed E-state index contributed by atoms with van der Waals surface area (Å²) < 4.78 is 26.5. The Morgan fingerprint density at radius 1 is 1.32 bits per heavy atom. The van der Waals surface area contributed by atoms with Gasteiger partial charge in [0.05, 0.1) is 0 Å². The summed E-state index contributed by atoms with van der Waals surface area (Å²) in [5.41, 5.74) is 2.36. The van der Waals surface area contributed by atoms with Gasteiger partial charge in [0.25, 0.3) is 5.92 Å². The predicted octanol–water partition coefficient (Wildman–Crippen LogP) is 4.78. The minimum atomic E-state index is -2.92. The Kier molecular flexibility index (Phi) is 5.16. The largest absolute Gasteiger partial charge is 0.286 e. The maximum Gasteiger partial charge on any atom is 0.286 e. The van der Waals surface area contributed by atoms with Crippen LogP contribution >= 0.6 is 0 Å². The summed E-state index contributed by atoms with van der Waals surface area (Å²) in [6, 6.07) is 7.68. The summed E-state index contributed by atoms with van der Waals surface area (Å²) in [5.74, 6) is -2.92. The monoisotopic (exact) mass is 263 g/mol. The molecular formula is C16H19F2N. The Bertz CT molecular complexity index is 490. The molecule has 1 aromatic rings. The van der Waals surface area contributed by atoms with Crippen molar-refractivity contribution in [1.29, 1.82) is 0 Å². The SMILES string of the molecule is C=CCc1ccc(C(C)=N/C(=C\C)C(C)(F)F)cc1. The molecule has 0 atom stereocenters. The van der Waals surface area contributed by atoms with E-state index in [0.29, 0.717) is 5.71 Å². The molecule has 1 rings (SSSR count). The van der Waals surface area contributed by atoms with E-state index < -0.39 is 5.92 Å². The van der Waals surface area contributed by atoms with Crippen LogP contribution in [-0.2, 0) is 6.42 Å². The average Bonchev–Trinajstić information content (AvgIpc) is 2.35. The first kappa shape index (κ1) is 15.3. The van der Waals surface area contributed by atoms with Crippen molar-refractivity contribution in [3.8, 4) is 0 Å². The first-order valence-electron chi connectivity index (χ1n) is 6.18. The van der Waals surface area contributed by atoms with E-state index in [9.17, 15) is 8.78 Å². The molecule has 0 aliphatic heterocycles. The molecule has 0 bridgehead atoms. The van der Waals surface area contributed by atoms with Crippen LogP contribution in [0.4, 0.5) is 8.78 Å². The molecule has 3 heteroatoms. The van der Waals surface area contributed by atoms with Crippen molar-refractivity contribution < 1.29 is 8.78 Å². The molecule has 0 fully saturated rings. The van der Waals surface area contributed by atoms with Crippen molar-refractivity contribution >= 4 is 5.71 Å². The van der Waals surface area contributed by atoms with Crippen LogP contribution in [0.25, 0.3) is 0 Å². The molecule has 0 radical (unpaired) electrons. The molecule has 0 saturated heterocycles. The van der Waals surface area contributed by atoms with Crippen LogP contribution in [0.2, 0.25) is 0 Å². The summed E-state index contributed by atoms with van der Waals surface area (Å²) >= 11 is 0. The third-order valence-electron chi connectivity index (χ3n) is 2.76. The highest BCUT2D eigenvalue weighted by Gasteiger charge is 2.26. The van der Waals surface area contributed by atoms with Crippen molar-refractivity contribution in [2.45, 2.75) is 33.1 Å². The molecule has 0 heterocycles. The molecule has 0 amide bonds. The van der Waals surface area contributed by atoms with Crippen molar-refractivity contribution in [3.63, 3.8) is 0 Å². The number of halogens is 2. The van der Waals surface area contributed by atoms with Crippen LogP contribution in [0.3, 0.4) is 0 Å². The Balaban J connectivity index is 2.99. The maximum absolute atomic E-state index is 13.2. The summed E-state index contributed by atoms with van der Waals surface area (Å²) in [7, 11) is 0. The number of rotatable bonds is 5. The van der Waals surface area contributed by atoms with Crippen LogP contribution in [0.15, 0.2) is 53.7 Å². The zero-order valence-electron chi connectivity index (χ0n) is 11.6. The summed E-state index contributed by atoms with van der Waals surface area (Å²) in [6.45, 7) is 7.83. The van der Waals surface area contributed by atoms with Gasteiger partial charge in [0.1, 0.15) is 5.70 Å². The van der Waals surface area contributed by atoms with E-state index in [1.807, 2.05) is 30.3 Å². The lowest BCUT2D eigenvalue weighted by atomic mass is 10.1. The molecule has 102 valence electrons. The van der Waals surface area contributed by atoms with Gasteiger partial charge >= 0.3 is 0 Å². The first-order valence-corrected chi connectivity index (χ1v) is 6.18. The zero-order valence-corrected chi connectivity index (χ0v) is 11.6. The fourth-order valence-corrected chi connectivity index (χ4v) is 1.71. The molecule has 0 spiro atoms. The fourth-order valence-electron chi connectivity index (χ4n) is 1.71. The number of alkyl halides is 2. The van der Waals surface area contributed by atoms with Crippen molar-refractivity contribution in [3.05, 3.63) is 59.8 Å². The van der Waals surface area contributed by atoms with Crippen LogP contribution in [-0.4, -0.2) is 11.6 Å². The van der Waals surface area contributed by atoms with Gasteiger partial charge < -0.3 is 0 Å². The molecule has 19 heavy (non-hydrogen) atoms. The third-order valence-corrected chi connectivity index (χ3v) is 2.76. The quantitative estimate of drug-likeness (QED) is 0.535. The van der Waals surface area contributed by atoms with Gasteiger partial charge in [-0.1, -0.05) is 36.4 Å². The van der Waals surface area contributed by atoms with E-state index in [0.717, 1.165) is 24.5 Å². The van der Waals surface area contributed by atoms with Gasteiger partial charge in [-0.05, 0) is 31.4 Å². The van der Waals surface area contributed by atoms with Gasteiger partial charge in [0.15, 0.2) is 0 Å². The van der Waals surface area contributed by atoms with E-state index in [2.05, 4.69) is 11.6 Å². The highest BCUT2D eigenvalue weighted by molar-refractivity contribution is 5.99. The van der Waals surface area contributed by atoms with E-state index in [-0.39, 0.29) is 5.70 Å². The lowest BCUT2D eigenvalue weighted by Crippen LogP contribution is -2.13. The third kappa shape index (κ3) is 4.43. The molecule has 0 N–H and O–H groups in total. The van der Waals surface area contributed by atoms with Crippen LogP contribution in [0.5, 0.6) is 0 Å². The Morgan fingerprint density at radius 3 is 2.32 bits per heavy atom. The van der Waals surface area contributed by atoms with Crippen molar-refractivity contribution in [1.82, 2.24) is 0 Å². The van der Waals surface area contributed by atoms with Gasteiger partial charge in [-0.3, -0.25) is 4.99 Å². The molecular weight excluding hydrogens is 244 g/mol. The minimum Gasteiger partial charge on any atom is -0.252 e. The molecule has 0 aliphatic rings. The first-order chi connectivity index (χ1) is 8.88. The normalized spacial score (nSPS) is 13.5. The Morgan fingerprint density at radius 2 is 1.89 bits per heavy atom. The number of aliphatic imine (C=N–C) groups is 1. The molecule has 0 saturated carbocycles. The van der Waals surface area contributed by atoms with Crippen LogP contribution in [0.1, 0.15) is 31.9 Å². The summed E-state index contributed by atoms with van der Waals surface area (Å²) in [5, 5.41) is 0. The number of hydrogen-bond donors (Lipinski definition) is 0. The topological polar surface area (TPSA) is 12.4 Å². The molecule has 0 aliphatic carbocycles. The van der Waals surface area contributed by atoms with Crippen molar-refractivity contribution in [2.24, 2.45) is 4.99 Å². The number of benzene rings is 1. The van der Waals surface area contributed by atoms with E-state index in [1.165, 1.54) is 6.08 Å². The van der Waals surface area contributed by atoms with Crippen LogP contribution in [0, 0.1) is 0 Å². The smallest absolute Gasteiger partial charge is 0.252 e. The predicted molar refractivity (Wildman–Crippen MR) is 76.9 cm³/mol. The number of hydrogen-bond acceptors (Lipinski definition) is 1. The molecule has 0 unspecified atom stereocenters. The second-order valence-corrected chi connectivity index (χ2v) is 4.45. The lowest BCUT2D eigenvalue weighted by Gasteiger charge is -2.12. The number of nitrogens with zero attached hydrogens (tertiary/aromatic N) is 1. The van der Waals surface area contributed by atoms with E-state index in [1.54, 1.807) is 13.8 Å². The lowest BCUT2D eigenvalue weighted by molar-refractivity contribution is 0.0620. The second kappa shape index (κ2) is 6.41. The van der Waals surface area contributed by atoms with E-state index >= 15 is 0 Å². The van der Waals surface area contributed by atoms with Crippen LogP contribution < -0.4 is 0 Å². The minimum absolute atomic E-state index is 0.208. The van der Waals surface area contributed by atoms with Gasteiger partial charge in [-0.25, -0.2) is 0 Å². The highest BCUT2D eigenvalue weighted by atomic mass is 19.3. The van der Waals surface area contributed by atoms with Gasteiger partial charge in [-0.2, -0.15) is 8.78 Å². The molecule has 1 nitrogen and oxygen atoms in total. The summed E-state index contributed by atoms with van der Waals surface area (Å²) in [4.78, 5) is 4.02. The van der Waals surface area contributed by atoms with E-state index in [4.69, 9.17) is 0 Å². The highest BCUT2D eigenvalue weighted by Crippen LogP contribution is 2.24. The zero-order chi connectivity index (χ0) is 14.5. The van der Waals surface area contributed by atoms with Gasteiger partial charge in [0.2, 0.25) is 0 Å². The van der Waals surface area contributed by atoms with Gasteiger partial charge in [0, 0.05) is 12.6 Å². The Hall–Kier alpha value is -1.77. The fraction of sp³-hybridized carbons (Fsp3) is 0.312. The average molecular weight is 263 g/mol. The Labute approximate surface area is 113 Å². The standard InChI is InChI=1S/C16H19F2N/c1-5-7-13-8-10-14(11-9-13)12(3)19-15(6-2)16(4,17)18/h5-6,8-11H,1,7H2,2-4H3/b15-6-,19-12?. The van der Waals surface area contributed by atoms with Crippen molar-refractivity contribution in [2.75, 3.05) is 0 Å². The number of allylic oxidation sites excluding steroid dienone is 3. The maximum atomic E-state index is 13.2. The second-order valence-electron chi connectivity index (χ2n) is 4.45. The summed E-state index contributed by atoms with van der Waals surface area (Å²) in [6.07, 6.45) is 3.96. The molecule has 1 aromatic carbocycles. The molecule has 0 aromatic heterocycles.